The molecular weight excluding hydrogens is 339 g/mol. The Kier molecular flexibility index (Phi) is 3.55. The van der Waals surface area contributed by atoms with Gasteiger partial charge in [0.25, 0.3) is 0 Å². The van der Waals surface area contributed by atoms with Gasteiger partial charge >= 0.3 is 5.76 Å². The molecule has 0 radical (unpaired) electrons. The molecule has 0 aliphatic carbocycles. The smallest absolute Gasteiger partial charge is 0.408 e. The van der Waals surface area contributed by atoms with Crippen molar-refractivity contribution in [2.75, 3.05) is 5.32 Å². The van der Waals surface area contributed by atoms with Crippen molar-refractivity contribution < 1.29 is 8.81 Å². The van der Waals surface area contributed by atoms with Crippen LogP contribution in [0.5, 0.6) is 0 Å². The number of benzene rings is 2. The Hall–Kier alpha value is -2.08. The molecule has 2 N–H and O–H groups in total. The van der Waals surface area contributed by atoms with E-state index >= 15 is 0 Å². The van der Waals surface area contributed by atoms with Gasteiger partial charge in [0.1, 0.15) is 5.82 Å². The third-order valence-corrected chi connectivity index (χ3v) is 3.85. The number of rotatable bonds is 3. The minimum Gasteiger partial charge on any atom is -0.408 e. The number of hydrogen-bond acceptors (Lipinski definition) is 3. The number of fused-ring (bicyclic) bond motifs is 1. The van der Waals surface area contributed by atoms with Crippen molar-refractivity contribution in [2.45, 2.75) is 13.0 Å². The van der Waals surface area contributed by atoms with E-state index in [4.69, 9.17) is 4.42 Å². The first-order valence-electron chi connectivity index (χ1n) is 6.37. The summed E-state index contributed by atoms with van der Waals surface area (Å²) in [5.74, 6) is -0.763. The predicted molar refractivity (Wildman–Crippen MR) is 83.0 cm³/mol. The van der Waals surface area contributed by atoms with E-state index in [9.17, 15) is 9.18 Å². The normalized spacial score (nSPS) is 12.5. The zero-order valence-corrected chi connectivity index (χ0v) is 12.7. The number of aromatic nitrogens is 1. The van der Waals surface area contributed by atoms with Gasteiger partial charge in [-0.3, -0.25) is 4.98 Å². The summed E-state index contributed by atoms with van der Waals surface area (Å²) in [6.45, 7) is 1.97. The SMILES string of the molecule is CC(Nc1ccc2oc(=O)[nH]c2c1)c1ccc(F)c(Br)c1. The van der Waals surface area contributed by atoms with Crippen LogP contribution in [0.3, 0.4) is 0 Å². The summed E-state index contributed by atoms with van der Waals surface area (Å²) in [6, 6.07) is 10.2. The summed E-state index contributed by atoms with van der Waals surface area (Å²) in [4.78, 5) is 13.7. The first kappa shape index (κ1) is 13.9. The molecule has 0 bridgehead atoms. The molecule has 0 amide bonds. The number of halogens is 2. The average Bonchev–Trinajstić information content (AvgIpc) is 2.81. The first-order valence-corrected chi connectivity index (χ1v) is 7.16. The molecular formula is C15H12BrFN2O2. The van der Waals surface area contributed by atoms with Crippen LogP contribution in [0.4, 0.5) is 10.1 Å². The molecule has 2 aromatic carbocycles. The fourth-order valence-electron chi connectivity index (χ4n) is 2.16. The third kappa shape index (κ3) is 2.85. The topological polar surface area (TPSA) is 58.0 Å². The molecule has 0 saturated carbocycles. The molecule has 21 heavy (non-hydrogen) atoms. The maximum Gasteiger partial charge on any atom is 0.417 e. The van der Waals surface area contributed by atoms with Crippen LogP contribution in [0.2, 0.25) is 0 Å². The summed E-state index contributed by atoms with van der Waals surface area (Å²) >= 11 is 3.18. The Bertz CT molecular complexity index is 856. The number of nitrogens with one attached hydrogen (secondary N) is 2. The molecule has 1 heterocycles. The van der Waals surface area contributed by atoms with Crippen LogP contribution in [0, 0.1) is 5.82 Å². The van der Waals surface area contributed by atoms with Gasteiger partial charge in [0, 0.05) is 11.7 Å². The van der Waals surface area contributed by atoms with Gasteiger partial charge in [-0.25, -0.2) is 9.18 Å². The minimum absolute atomic E-state index is 0.0158. The van der Waals surface area contributed by atoms with Crippen molar-refractivity contribution in [1.29, 1.82) is 0 Å². The Morgan fingerprint density at radius 2 is 2.10 bits per heavy atom. The molecule has 0 aliphatic rings. The second-order valence-corrected chi connectivity index (χ2v) is 5.62. The van der Waals surface area contributed by atoms with E-state index in [2.05, 4.69) is 26.2 Å². The third-order valence-electron chi connectivity index (χ3n) is 3.25. The van der Waals surface area contributed by atoms with Gasteiger partial charge in [-0.1, -0.05) is 6.07 Å². The second kappa shape index (κ2) is 5.37. The van der Waals surface area contributed by atoms with E-state index in [1.165, 1.54) is 6.07 Å². The molecule has 1 unspecified atom stereocenters. The molecule has 0 spiro atoms. The summed E-state index contributed by atoms with van der Waals surface area (Å²) < 4.78 is 18.6. The van der Waals surface area contributed by atoms with Gasteiger partial charge in [0.05, 0.1) is 9.99 Å². The standard InChI is InChI=1S/C15H12BrFN2O2/c1-8(9-2-4-12(17)11(16)6-9)18-10-3-5-14-13(7-10)19-15(20)21-14/h2-8,18H,1H3,(H,19,20). The minimum atomic E-state index is -0.474. The zero-order valence-electron chi connectivity index (χ0n) is 11.1. The van der Waals surface area contributed by atoms with Crippen LogP contribution < -0.4 is 11.1 Å². The molecule has 1 atom stereocenters. The molecule has 0 saturated heterocycles. The van der Waals surface area contributed by atoms with Gasteiger partial charge in [-0.05, 0) is 58.7 Å². The van der Waals surface area contributed by atoms with Gasteiger partial charge in [0.15, 0.2) is 5.58 Å². The highest BCUT2D eigenvalue weighted by atomic mass is 79.9. The van der Waals surface area contributed by atoms with Gasteiger partial charge < -0.3 is 9.73 Å². The number of anilines is 1. The molecule has 6 heteroatoms. The fraction of sp³-hybridized carbons (Fsp3) is 0.133. The highest BCUT2D eigenvalue weighted by molar-refractivity contribution is 9.10. The van der Waals surface area contributed by atoms with Crippen molar-refractivity contribution in [1.82, 2.24) is 4.98 Å². The van der Waals surface area contributed by atoms with Crippen molar-refractivity contribution in [3.63, 3.8) is 0 Å². The Morgan fingerprint density at radius 1 is 1.29 bits per heavy atom. The number of aromatic amines is 1. The summed E-state index contributed by atoms with van der Waals surface area (Å²) in [7, 11) is 0. The van der Waals surface area contributed by atoms with Gasteiger partial charge in [-0.2, -0.15) is 0 Å². The lowest BCUT2D eigenvalue weighted by Crippen LogP contribution is -2.06. The van der Waals surface area contributed by atoms with Gasteiger partial charge in [0.2, 0.25) is 0 Å². The summed E-state index contributed by atoms with van der Waals surface area (Å²) in [5, 5.41) is 3.30. The lowest BCUT2D eigenvalue weighted by Gasteiger charge is -2.16. The fourth-order valence-corrected chi connectivity index (χ4v) is 2.55. The zero-order chi connectivity index (χ0) is 15.0. The van der Waals surface area contributed by atoms with Crippen LogP contribution in [0.15, 0.2) is 50.1 Å². The van der Waals surface area contributed by atoms with E-state index in [1.54, 1.807) is 24.3 Å². The largest absolute Gasteiger partial charge is 0.417 e. The second-order valence-electron chi connectivity index (χ2n) is 4.77. The molecule has 3 rings (SSSR count). The molecule has 3 aromatic rings. The van der Waals surface area contributed by atoms with Crippen molar-refractivity contribution in [3.05, 3.63) is 62.8 Å². The van der Waals surface area contributed by atoms with Crippen LogP contribution in [-0.2, 0) is 0 Å². The molecule has 1 aromatic heterocycles. The van der Waals surface area contributed by atoms with E-state index in [0.29, 0.717) is 15.6 Å². The van der Waals surface area contributed by atoms with Gasteiger partial charge in [-0.15, -0.1) is 0 Å². The highest BCUT2D eigenvalue weighted by Gasteiger charge is 2.09. The molecule has 0 fully saturated rings. The summed E-state index contributed by atoms with van der Waals surface area (Å²) in [6.07, 6.45) is 0. The van der Waals surface area contributed by atoms with E-state index < -0.39 is 5.76 Å². The van der Waals surface area contributed by atoms with Crippen LogP contribution in [-0.4, -0.2) is 4.98 Å². The quantitative estimate of drug-likeness (QED) is 0.744. The Morgan fingerprint density at radius 3 is 2.86 bits per heavy atom. The van der Waals surface area contributed by atoms with E-state index in [1.807, 2.05) is 13.0 Å². The van der Waals surface area contributed by atoms with Crippen LogP contribution in [0.25, 0.3) is 11.1 Å². The monoisotopic (exact) mass is 350 g/mol. The van der Waals surface area contributed by atoms with Crippen molar-refractivity contribution in [3.8, 4) is 0 Å². The van der Waals surface area contributed by atoms with Crippen LogP contribution in [0.1, 0.15) is 18.5 Å². The Balaban J connectivity index is 1.86. The number of hydrogen-bond donors (Lipinski definition) is 2. The predicted octanol–water partition coefficient (Wildman–Crippen LogP) is 4.20. The van der Waals surface area contributed by atoms with Crippen molar-refractivity contribution >= 4 is 32.7 Å². The highest BCUT2D eigenvalue weighted by Crippen LogP contribution is 2.25. The maximum absolute atomic E-state index is 13.3. The molecule has 108 valence electrons. The average molecular weight is 351 g/mol. The number of H-pyrrole nitrogens is 1. The van der Waals surface area contributed by atoms with Crippen LogP contribution >= 0.6 is 15.9 Å². The van der Waals surface area contributed by atoms with Crippen molar-refractivity contribution in [2.24, 2.45) is 0 Å². The van der Waals surface area contributed by atoms with E-state index in [-0.39, 0.29) is 11.9 Å². The molecule has 4 nitrogen and oxygen atoms in total. The number of oxazole rings is 1. The lowest BCUT2D eigenvalue weighted by molar-refractivity contribution is 0.555. The molecule has 0 aliphatic heterocycles. The maximum atomic E-state index is 13.3. The first-order chi connectivity index (χ1) is 10.0. The Labute approximate surface area is 128 Å². The lowest BCUT2D eigenvalue weighted by atomic mass is 10.1. The summed E-state index contributed by atoms with van der Waals surface area (Å²) in [5.41, 5.74) is 2.94. The van der Waals surface area contributed by atoms with E-state index in [0.717, 1.165) is 11.3 Å².